The van der Waals surface area contributed by atoms with Crippen molar-refractivity contribution < 1.29 is 13.5 Å². The number of benzene rings is 1. The molecule has 0 aliphatic heterocycles. The van der Waals surface area contributed by atoms with E-state index in [1.807, 2.05) is 7.05 Å². The van der Waals surface area contributed by atoms with E-state index in [1.165, 1.54) is 18.2 Å². The molecule has 1 aromatic carbocycles. The molecule has 120 valence electrons. The molecule has 0 saturated heterocycles. The second-order valence-corrected chi connectivity index (χ2v) is 7.17. The van der Waals surface area contributed by atoms with E-state index in [9.17, 15) is 13.5 Å². The lowest BCUT2D eigenvalue weighted by Gasteiger charge is -2.20. The standard InChI is InChI=1S/C14H25N3O3S/c1-11(2)17(3)9-5-4-8-16-21(19,20)12-6-7-14(18)13(15)10-12/h6-7,10-11,16,18H,4-5,8-9,15H2,1-3H3. The molecule has 0 saturated carbocycles. The number of nitrogens with zero attached hydrogens (tertiary/aromatic N) is 1. The van der Waals surface area contributed by atoms with Crippen LogP contribution in [0.25, 0.3) is 0 Å². The molecular formula is C14H25N3O3S. The maximum atomic E-state index is 12.0. The van der Waals surface area contributed by atoms with Gasteiger partial charge in [0.2, 0.25) is 10.0 Å². The smallest absolute Gasteiger partial charge is 0.240 e. The number of aromatic hydroxyl groups is 1. The Kier molecular flexibility index (Phi) is 6.44. The Labute approximate surface area is 127 Å². The molecule has 1 aromatic rings. The third-order valence-electron chi connectivity index (χ3n) is 3.42. The number of unbranched alkanes of at least 4 members (excludes halogenated alkanes) is 1. The highest BCUT2D eigenvalue weighted by molar-refractivity contribution is 7.89. The zero-order valence-electron chi connectivity index (χ0n) is 12.8. The van der Waals surface area contributed by atoms with Crippen molar-refractivity contribution in [3.63, 3.8) is 0 Å². The van der Waals surface area contributed by atoms with E-state index in [4.69, 9.17) is 5.73 Å². The van der Waals surface area contributed by atoms with E-state index in [2.05, 4.69) is 23.5 Å². The van der Waals surface area contributed by atoms with Gasteiger partial charge in [-0.25, -0.2) is 13.1 Å². The van der Waals surface area contributed by atoms with Crippen molar-refractivity contribution in [1.82, 2.24) is 9.62 Å². The van der Waals surface area contributed by atoms with Gasteiger partial charge in [0.25, 0.3) is 0 Å². The van der Waals surface area contributed by atoms with Gasteiger partial charge in [-0.15, -0.1) is 0 Å². The maximum Gasteiger partial charge on any atom is 0.240 e. The molecule has 0 bridgehead atoms. The summed E-state index contributed by atoms with van der Waals surface area (Å²) in [4.78, 5) is 2.28. The van der Waals surface area contributed by atoms with Crippen molar-refractivity contribution in [3.05, 3.63) is 18.2 Å². The average Bonchev–Trinajstić information content (AvgIpc) is 2.40. The van der Waals surface area contributed by atoms with Crippen LogP contribution in [-0.4, -0.2) is 44.6 Å². The van der Waals surface area contributed by atoms with Crippen LogP contribution in [0.1, 0.15) is 26.7 Å². The summed E-state index contributed by atoms with van der Waals surface area (Å²) in [5.74, 6) is -0.120. The predicted molar refractivity (Wildman–Crippen MR) is 84.7 cm³/mol. The Morgan fingerprint density at radius 3 is 2.57 bits per heavy atom. The number of nitrogens with two attached hydrogens (primary N) is 1. The number of sulfonamides is 1. The highest BCUT2D eigenvalue weighted by Gasteiger charge is 2.14. The van der Waals surface area contributed by atoms with Gasteiger partial charge in [-0.1, -0.05) is 0 Å². The van der Waals surface area contributed by atoms with Crippen LogP contribution in [0.3, 0.4) is 0 Å². The minimum atomic E-state index is -3.57. The number of rotatable bonds is 8. The first-order valence-electron chi connectivity index (χ1n) is 7.02. The van der Waals surface area contributed by atoms with Gasteiger partial charge in [-0.05, 0) is 58.5 Å². The molecule has 0 atom stereocenters. The molecule has 4 N–H and O–H groups in total. The fourth-order valence-electron chi connectivity index (χ4n) is 1.73. The van der Waals surface area contributed by atoms with Gasteiger partial charge in [-0.3, -0.25) is 0 Å². The summed E-state index contributed by atoms with van der Waals surface area (Å²) in [5.41, 5.74) is 5.56. The number of nitrogens with one attached hydrogen (secondary N) is 1. The quantitative estimate of drug-likeness (QED) is 0.382. The summed E-state index contributed by atoms with van der Waals surface area (Å²) in [6.45, 7) is 5.57. The van der Waals surface area contributed by atoms with Crippen LogP contribution in [0.15, 0.2) is 23.1 Å². The van der Waals surface area contributed by atoms with Gasteiger partial charge >= 0.3 is 0 Å². The van der Waals surface area contributed by atoms with Crippen LogP contribution in [0.4, 0.5) is 5.69 Å². The monoisotopic (exact) mass is 315 g/mol. The van der Waals surface area contributed by atoms with Gasteiger partial charge in [-0.2, -0.15) is 0 Å². The van der Waals surface area contributed by atoms with E-state index in [0.29, 0.717) is 12.6 Å². The topological polar surface area (TPSA) is 95.7 Å². The molecule has 0 aliphatic carbocycles. The number of anilines is 1. The average molecular weight is 315 g/mol. The minimum Gasteiger partial charge on any atom is -0.506 e. The highest BCUT2D eigenvalue weighted by atomic mass is 32.2. The molecule has 0 radical (unpaired) electrons. The summed E-state index contributed by atoms with van der Waals surface area (Å²) in [6.07, 6.45) is 1.69. The van der Waals surface area contributed by atoms with Crippen LogP contribution < -0.4 is 10.5 Å². The molecule has 21 heavy (non-hydrogen) atoms. The first-order valence-corrected chi connectivity index (χ1v) is 8.50. The zero-order chi connectivity index (χ0) is 16.0. The number of hydrogen-bond acceptors (Lipinski definition) is 5. The molecule has 7 heteroatoms. The maximum absolute atomic E-state index is 12.0. The van der Waals surface area contributed by atoms with Crippen molar-refractivity contribution in [2.24, 2.45) is 0 Å². The molecule has 0 heterocycles. The Bertz CT molecular complexity index is 559. The molecule has 0 spiro atoms. The van der Waals surface area contributed by atoms with E-state index in [1.54, 1.807) is 0 Å². The van der Waals surface area contributed by atoms with Crippen molar-refractivity contribution in [2.75, 3.05) is 25.9 Å². The molecule has 0 unspecified atom stereocenters. The molecular weight excluding hydrogens is 290 g/mol. The lowest BCUT2D eigenvalue weighted by atomic mass is 10.2. The summed E-state index contributed by atoms with van der Waals surface area (Å²) in [5, 5.41) is 9.31. The largest absolute Gasteiger partial charge is 0.506 e. The van der Waals surface area contributed by atoms with E-state index in [0.717, 1.165) is 19.4 Å². The van der Waals surface area contributed by atoms with Gasteiger partial charge in [0, 0.05) is 12.6 Å². The van der Waals surface area contributed by atoms with Crippen molar-refractivity contribution in [2.45, 2.75) is 37.6 Å². The van der Waals surface area contributed by atoms with Gasteiger partial charge in [0.1, 0.15) is 5.75 Å². The second-order valence-electron chi connectivity index (χ2n) is 5.40. The Morgan fingerprint density at radius 1 is 1.33 bits per heavy atom. The van der Waals surface area contributed by atoms with Gasteiger partial charge < -0.3 is 15.7 Å². The van der Waals surface area contributed by atoms with E-state index < -0.39 is 10.0 Å². The summed E-state index contributed by atoms with van der Waals surface area (Å²) >= 11 is 0. The summed E-state index contributed by atoms with van der Waals surface area (Å²) < 4.78 is 26.6. The van der Waals surface area contributed by atoms with Crippen LogP contribution in [-0.2, 0) is 10.0 Å². The SMILES string of the molecule is CC(C)N(C)CCCCNS(=O)(=O)c1ccc(O)c(N)c1. The lowest BCUT2D eigenvalue weighted by Crippen LogP contribution is -2.29. The number of hydrogen-bond donors (Lipinski definition) is 3. The van der Waals surface area contributed by atoms with Crippen molar-refractivity contribution >= 4 is 15.7 Å². The second kappa shape index (κ2) is 7.63. The first-order chi connectivity index (χ1) is 9.74. The zero-order valence-corrected chi connectivity index (χ0v) is 13.7. The normalized spacial score (nSPS) is 12.2. The lowest BCUT2D eigenvalue weighted by molar-refractivity contribution is 0.268. The van der Waals surface area contributed by atoms with Crippen LogP contribution in [0.2, 0.25) is 0 Å². The highest BCUT2D eigenvalue weighted by Crippen LogP contribution is 2.22. The van der Waals surface area contributed by atoms with E-state index in [-0.39, 0.29) is 16.3 Å². The minimum absolute atomic E-state index is 0.0523. The van der Waals surface area contributed by atoms with Crippen molar-refractivity contribution in [1.29, 1.82) is 0 Å². The first kappa shape index (κ1) is 17.7. The molecule has 0 aromatic heterocycles. The fourth-order valence-corrected chi connectivity index (χ4v) is 2.84. The Balaban J connectivity index is 2.45. The van der Waals surface area contributed by atoms with Gasteiger partial charge in [0.15, 0.2) is 0 Å². The van der Waals surface area contributed by atoms with E-state index >= 15 is 0 Å². The van der Waals surface area contributed by atoms with Crippen LogP contribution >= 0.6 is 0 Å². The number of phenolic OH excluding ortho intramolecular Hbond substituents is 1. The molecule has 0 amide bonds. The predicted octanol–water partition coefficient (Wildman–Crippen LogP) is 1.37. The number of nitrogen functional groups attached to an aromatic ring is 1. The molecule has 0 aliphatic rings. The molecule has 6 nitrogen and oxygen atoms in total. The van der Waals surface area contributed by atoms with Crippen molar-refractivity contribution in [3.8, 4) is 5.75 Å². The number of phenols is 1. The Morgan fingerprint density at radius 2 is 2.00 bits per heavy atom. The third-order valence-corrected chi connectivity index (χ3v) is 4.88. The summed E-state index contributed by atoms with van der Waals surface area (Å²) in [6, 6.07) is 4.35. The third kappa shape index (κ3) is 5.53. The summed E-state index contributed by atoms with van der Waals surface area (Å²) in [7, 11) is -1.52. The van der Waals surface area contributed by atoms with Crippen LogP contribution in [0, 0.1) is 0 Å². The van der Waals surface area contributed by atoms with Crippen LogP contribution in [0.5, 0.6) is 5.75 Å². The van der Waals surface area contributed by atoms with Gasteiger partial charge in [0.05, 0.1) is 10.6 Å². The fraction of sp³-hybridized carbons (Fsp3) is 0.571. The molecule has 0 fully saturated rings. The molecule has 1 rings (SSSR count). The Hall–Kier alpha value is -1.31.